The van der Waals surface area contributed by atoms with Gasteiger partial charge in [-0.05, 0) is 44.4 Å². The number of hydrogen-bond donors (Lipinski definition) is 2. The van der Waals surface area contributed by atoms with E-state index in [2.05, 4.69) is 40.3 Å². The van der Waals surface area contributed by atoms with Gasteiger partial charge in [-0.3, -0.25) is 9.79 Å². The van der Waals surface area contributed by atoms with Crippen LogP contribution in [0.4, 0.5) is 5.69 Å². The maximum atomic E-state index is 11.7. The average molecular weight is 392 g/mol. The van der Waals surface area contributed by atoms with Crippen molar-refractivity contribution in [2.24, 2.45) is 10.9 Å². The van der Waals surface area contributed by atoms with Gasteiger partial charge in [0.25, 0.3) is 0 Å². The van der Waals surface area contributed by atoms with Crippen LogP contribution in [-0.2, 0) is 4.79 Å². The molecule has 0 atom stereocenters. The molecule has 2 N–H and O–H groups in total. The molecular formula is C20H30ClN5O. The van der Waals surface area contributed by atoms with Crippen molar-refractivity contribution in [1.82, 2.24) is 15.5 Å². The Hall–Kier alpha value is -1.95. The first-order chi connectivity index (χ1) is 13.1. The van der Waals surface area contributed by atoms with Crippen LogP contribution in [0.2, 0.25) is 5.02 Å². The van der Waals surface area contributed by atoms with Crippen LogP contribution in [-0.4, -0.2) is 62.6 Å². The minimum absolute atomic E-state index is 0.181. The molecule has 1 aromatic rings. The van der Waals surface area contributed by atoms with Crippen LogP contribution >= 0.6 is 11.6 Å². The number of rotatable bonds is 6. The van der Waals surface area contributed by atoms with E-state index >= 15 is 0 Å². The fraction of sp³-hybridized carbons (Fsp3) is 0.600. The zero-order valence-electron chi connectivity index (χ0n) is 16.3. The molecule has 0 bridgehead atoms. The number of nitrogens with zero attached hydrogens (tertiary/aromatic N) is 3. The highest BCUT2D eigenvalue weighted by atomic mass is 35.5. The van der Waals surface area contributed by atoms with Gasteiger partial charge in [0.05, 0.1) is 6.54 Å². The molecule has 7 heteroatoms. The summed E-state index contributed by atoms with van der Waals surface area (Å²) in [7, 11) is 0. The van der Waals surface area contributed by atoms with E-state index in [-0.39, 0.29) is 11.8 Å². The van der Waals surface area contributed by atoms with Gasteiger partial charge < -0.3 is 20.4 Å². The number of anilines is 1. The van der Waals surface area contributed by atoms with E-state index in [1.807, 2.05) is 12.1 Å². The van der Waals surface area contributed by atoms with Gasteiger partial charge in [0.15, 0.2) is 5.96 Å². The van der Waals surface area contributed by atoms with Crippen LogP contribution in [0.1, 0.15) is 25.3 Å². The molecule has 1 saturated carbocycles. The minimum atomic E-state index is 0.181. The lowest BCUT2D eigenvalue weighted by atomic mass is 10.1. The Bertz CT molecular complexity index is 681. The molecule has 1 aliphatic carbocycles. The fourth-order valence-corrected chi connectivity index (χ4v) is 3.51. The molecule has 2 aliphatic rings. The summed E-state index contributed by atoms with van der Waals surface area (Å²) in [5.74, 6) is 1.37. The van der Waals surface area contributed by atoms with Crippen LogP contribution in [0.15, 0.2) is 23.2 Å². The van der Waals surface area contributed by atoms with Crippen molar-refractivity contribution in [3.05, 3.63) is 28.8 Å². The summed E-state index contributed by atoms with van der Waals surface area (Å²) >= 11 is 6.18. The van der Waals surface area contributed by atoms with Crippen LogP contribution in [0, 0.1) is 12.8 Å². The third-order valence-corrected chi connectivity index (χ3v) is 5.28. The lowest BCUT2D eigenvalue weighted by molar-refractivity contribution is -0.122. The van der Waals surface area contributed by atoms with Crippen molar-refractivity contribution >= 4 is 29.2 Å². The first kappa shape index (κ1) is 19.8. The van der Waals surface area contributed by atoms with E-state index in [1.54, 1.807) is 0 Å². The van der Waals surface area contributed by atoms with Crippen LogP contribution in [0.5, 0.6) is 0 Å². The van der Waals surface area contributed by atoms with Crippen molar-refractivity contribution < 1.29 is 4.79 Å². The molecule has 1 amide bonds. The van der Waals surface area contributed by atoms with Gasteiger partial charge in [-0.15, -0.1) is 0 Å². The van der Waals surface area contributed by atoms with Gasteiger partial charge in [-0.1, -0.05) is 17.7 Å². The Kier molecular flexibility index (Phi) is 6.83. The number of benzene rings is 1. The summed E-state index contributed by atoms with van der Waals surface area (Å²) in [6.45, 7) is 9.93. The summed E-state index contributed by atoms with van der Waals surface area (Å²) in [4.78, 5) is 21.1. The quantitative estimate of drug-likeness (QED) is 0.443. The molecule has 148 valence electrons. The molecule has 2 fully saturated rings. The van der Waals surface area contributed by atoms with Crippen molar-refractivity contribution in [2.45, 2.75) is 26.7 Å². The summed E-state index contributed by atoms with van der Waals surface area (Å²) < 4.78 is 0. The maximum absolute atomic E-state index is 11.7. The molecule has 0 radical (unpaired) electrons. The van der Waals surface area contributed by atoms with E-state index in [9.17, 15) is 4.79 Å². The van der Waals surface area contributed by atoms with Crippen molar-refractivity contribution in [3.63, 3.8) is 0 Å². The smallest absolute Gasteiger partial charge is 0.223 e. The van der Waals surface area contributed by atoms with Crippen molar-refractivity contribution in [2.75, 3.05) is 50.7 Å². The first-order valence-electron chi connectivity index (χ1n) is 9.90. The predicted molar refractivity (Wildman–Crippen MR) is 112 cm³/mol. The summed E-state index contributed by atoms with van der Waals surface area (Å²) in [5.41, 5.74) is 2.46. The number of aryl methyl sites for hydroxylation is 1. The van der Waals surface area contributed by atoms with Crippen LogP contribution in [0.25, 0.3) is 0 Å². The highest BCUT2D eigenvalue weighted by Gasteiger charge is 2.29. The van der Waals surface area contributed by atoms with Gasteiger partial charge in [0.1, 0.15) is 0 Å². The fourth-order valence-electron chi connectivity index (χ4n) is 3.34. The number of piperazine rings is 1. The number of guanidine groups is 1. The third-order valence-electron chi connectivity index (χ3n) is 5.05. The Morgan fingerprint density at radius 1 is 1.22 bits per heavy atom. The number of hydrogen-bond acceptors (Lipinski definition) is 3. The average Bonchev–Trinajstić information content (AvgIpc) is 3.51. The molecule has 3 rings (SSSR count). The molecule has 27 heavy (non-hydrogen) atoms. The minimum Gasteiger partial charge on any atom is -0.368 e. The zero-order valence-corrected chi connectivity index (χ0v) is 17.1. The topological polar surface area (TPSA) is 60.0 Å². The van der Waals surface area contributed by atoms with E-state index < -0.39 is 0 Å². The molecule has 0 spiro atoms. The molecule has 1 aromatic carbocycles. The first-order valence-corrected chi connectivity index (χ1v) is 10.3. The summed E-state index contributed by atoms with van der Waals surface area (Å²) in [6.07, 6.45) is 2.07. The second-order valence-corrected chi connectivity index (χ2v) is 7.64. The van der Waals surface area contributed by atoms with Gasteiger partial charge in [-0.25, -0.2) is 0 Å². The van der Waals surface area contributed by atoms with E-state index in [0.29, 0.717) is 13.1 Å². The Morgan fingerprint density at radius 3 is 2.63 bits per heavy atom. The van der Waals surface area contributed by atoms with Crippen LogP contribution < -0.4 is 15.5 Å². The van der Waals surface area contributed by atoms with E-state index in [4.69, 9.17) is 16.6 Å². The number of carbonyl (C=O) groups is 1. The normalized spacial score (nSPS) is 17.8. The number of carbonyl (C=O) groups excluding carboxylic acids is 1. The van der Waals surface area contributed by atoms with Crippen molar-refractivity contribution in [3.8, 4) is 0 Å². The molecule has 1 heterocycles. The number of halogens is 1. The van der Waals surface area contributed by atoms with Gasteiger partial charge in [0, 0.05) is 55.9 Å². The largest absolute Gasteiger partial charge is 0.368 e. The number of amides is 1. The van der Waals surface area contributed by atoms with E-state index in [0.717, 1.165) is 56.5 Å². The molecule has 1 aliphatic heterocycles. The SMILES string of the molecule is CCNC(=NCCNC(=O)C1CC1)N1CCN(c2cc(Cl)ccc2C)CC1. The number of nitrogens with one attached hydrogen (secondary N) is 2. The lowest BCUT2D eigenvalue weighted by Crippen LogP contribution is -2.52. The second-order valence-electron chi connectivity index (χ2n) is 7.21. The standard InChI is InChI=1S/C20H30ClN5O/c1-3-22-20(24-9-8-23-19(27)16-5-6-16)26-12-10-25(11-13-26)18-14-17(21)7-4-15(18)2/h4,7,14,16H,3,5-6,8-13H2,1-2H3,(H,22,24)(H,23,27). The zero-order chi connectivity index (χ0) is 19.2. The maximum Gasteiger partial charge on any atom is 0.223 e. The van der Waals surface area contributed by atoms with E-state index in [1.165, 1.54) is 11.3 Å². The Morgan fingerprint density at radius 2 is 1.96 bits per heavy atom. The molecule has 6 nitrogen and oxygen atoms in total. The Labute approximate surface area is 167 Å². The van der Waals surface area contributed by atoms with Crippen molar-refractivity contribution in [1.29, 1.82) is 0 Å². The highest BCUT2D eigenvalue weighted by molar-refractivity contribution is 6.30. The molecule has 0 unspecified atom stereocenters. The molecule has 0 aromatic heterocycles. The van der Waals surface area contributed by atoms with Gasteiger partial charge in [-0.2, -0.15) is 0 Å². The Balaban J connectivity index is 1.52. The van der Waals surface area contributed by atoms with Crippen LogP contribution in [0.3, 0.4) is 0 Å². The summed E-state index contributed by atoms with van der Waals surface area (Å²) in [6, 6.07) is 6.06. The predicted octanol–water partition coefficient (Wildman–Crippen LogP) is 2.26. The number of aliphatic imine (C=N–C) groups is 1. The van der Waals surface area contributed by atoms with Gasteiger partial charge >= 0.3 is 0 Å². The second kappa shape index (κ2) is 9.31. The lowest BCUT2D eigenvalue weighted by Gasteiger charge is -2.38. The summed E-state index contributed by atoms with van der Waals surface area (Å²) in [5, 5.41) is 7.13. The monoisotopic (exact) mass is 391 g/mol. The molecular weight excluding hydrogens is 362 g/mol. The van der Waals surface area contributed by atoms with Gasteiger partial charge in [0.2, 0.25) is 5.91 Å². The molecule has 1 saturated heterocycles. The highest BCUT2D eigenvalue weighted by Crippen LogP contribution is 2.28. The third kappa shape index (κ3) is 5.51.